The molecule has 0 amide bonds. The maximum atomic E-state index is 12.8. The Morgan fingerprint density at radius 3 is 2.57 bits per heavy atom. The molecule has 1 aromatic heterocycles. The molecule has 0 saturated carbocycles. The Balaban J connectivity index is 2.41. The van der Waals surface area contributed by atoms with E-state index in [0.717, 1.165) is 17.7 Å². The van der Waals surface area contributed by atoms with Gasteiger partial charge in [0.25, 0.3) is 5.56 Å². The zero-order valence-electron chi connectivity index (χ0n) is 11.7. The van der Waals surface area contributed by atoms with Gasteiger partial charge in [0, 0.05) is 0 Å². The molecule has 0 radical (unpaired) electrons. The van der Waals surface area contributed by atoms with Crippen LogP contribution in [-0.2, 0) is 12.3 Å². The largest absolute Gasteiger partial charge is 0.268 e. The van der Waals surface area contributed by atoms with E-state index in [0.29, 0.717) is 16.7 Å². The highest BCUT2D eigenvalue weighted by molar-refractivity contribution is 6.16. The topological polar surface area (TPSA) is 34.9 Å². The van der Waals surface area contributed by atoms with Crippen LogP contribution in [0.15, 0.2) is 53.3 Å². The summed E-state index contributed by atoms with van der Waals surface area (Å²) in [6.07, 6.45) is 0.844. The number of nitrogens with zero attached hydrogens (tertiary/aromatic N) is 2. The number of fused-ring (bicyclic) bond motifs is 1. The molecule has 0 unspecified atom stereocenters. The van der Waals surface area contributed by atoms with Gasteiger partial charge in [0.2, 0.25) is 0 Å². The van der Waals surface area contributed by atoms with Crippen LogP contribution in [0.3, 0.4) is 0 Å². The number of aryl methyl sites for hydroxylation is 1. The van der Waals surface area contributed by atoms with Crippen molar-refractivity contribution in [3.8, 4) is 5.69 Å². The van der Waals surface area contributed by atoms with E-state index in [-0.39, 0.29) is 11.4 Å². The standard InChI is InChI=1S/C17H15ClN2O/c1-2-12-7-3-6-10-15(12)20-16(11-18)19-14-9-5-4-8-13(14)17(20)21/h3-10H,2,11H2,1H3. The van der Waals surface area contributed by atoms with E-state index in [4.69, 9.17) is 11.6 Å². The molecular formula is C17H15ClN2O. The van der Waals surface area contributed by atoms with Gasteiger partial charge in [0.05, 0.1) is 22.5 Å². The molecule has 106 valence electrons. The van der Waals surface area contributed by atoms with Gasteiger partial charge in [-0.2, -0.15) is 0 Å². The summed E-state index contributed by atoms with van der Waals surface area (Å²) in [5.41, 5.74) is 2.57. The van der Waals surface area contributed by atoms with E-state index in [1.54, 1.807) is 10.6 Å². The maximum absolute atomic E-state index is 12.8. The van der Waals surface area contributed by atoms with Crippen LogP contribution in [0.4, 0.5) is 0 Å². The fraction of sp³-hybridized carbons (Fsp3) is 0.176. The lowest BCUT2D eigenvalue weighted by molar-refractivity contribution is 0.866. The van der Waals surface area contributed by atoms with Crippen molar-refractivity contribution in [2.75, 3.05) is 0 Å². The van der Waals surface area contributed by atoms with Crippen LogP contribution in [0.2, 0.25) is 0 Å². The van der Waals surface area contributed by atoms with Gasteiger partial charge in [-0.15, -0.1) is 11.6 Å². The highest BCUT2D eigenvalue weighted by Gasteiger charge is 2.13. The number of para-hydroxylation sites is 2. The first-order valence-corrected chi connectivity index (χ1v) is 7.44. The summed E-state index contributed by atoms with van der Waals surface area (Å²) in [6, 6.07) is 15.2. The molecule has 0 atom stereocenters. The average molecular weight is 299 g/mol. The van der Waals surface area contributed by atoms with Crippen molar-refractivity contribution < 1.29 is 0 Å². The van der Waals surface area contributed by atoms with Crippen molar-refractivity contribution in [2.45, 2.75) is 19.2 Å². The van der Waals surface area contributed by atoms with Crippen LogP contribution in [0.5, 0.6) is 0 Å². The van der Waals surface area contributed by atoms with Gasteiger partial charge in [-0.25, -0.2) is 4.98 Å². The fourth-order valence-corrected chi connectivity index (χ4v) is 2.72. The highest BCUT2D eigenvalue weighted by atomic mass is 35.5. The zero-order chi connectivity index (χ0) is 14.8. The Morgan fingerprint density at radius 1 is 1.10 bits per heavy atom. The SMILES string of the molecule is CCc1ccccc1-n1c(CCl)nc2ccccc2c1=O. The highest BCUT2D eigenvalue weighted by Crippen LogP contribution is 2.18. The van der Waals surface area contributed by atoms with Crippen molar-refractivity contribution in [1.82, 2.24) is 9.55 Å². The van der Waals surface area contributed by atoms with Crippen LogP contribution >= 0.6 is 11.6 Å². The molecule has 0 spiro atoms. The molecule has 0 fully saturated rings. The van der Waals surface area contributed by atoms with E-state index in [2.05, 4.69) is 11.9 Å². The normalized spacial score (nSPS) is 11.0. The van der Waals surface area contributed by atoms with Crippen molar-refractivity contribution >= 4 is 22.5 Å². The summed E-state index contributed by atoms with van der Waals surface area (Å²) >= 11 is 6.03. The molecule has 3 aromatic rings. The van der Waals surface area contributed by atoms with Gasteiger partial charge in [-0.3, -0.25) is 9.36 Å². The first-order valence-electron chi connectivity index (χ1n) is 6.91. The smallest absolute Gasteiger partial charge is 0.266 e. The predicted octanol–water partition coefficient (Wildman–Crippen LogP) is 3.69. The zero-order valence-corrected chi connectivity index (χ0v) is 12.5. The second kappa shape index (κ2) is 5.70. The van der Waals surface area contributed by atoms with Crippen LogP contribution in [0, 0.1) is 0 Å². The molecule has 0 aliphatic carbocycles. The van der Waals surface area contributed by atoms with Gasteiger partial charge in [0.15, 0.2) is 0 Å². The van der Waals surface area contributed by atoms with Gasteiger partial charge >= 0.3 is 0 Å². The lowest BCUT2D eigenvalue weighted by atomic mass is 10.1. The van der Waals surface area contributed by atoms with E-state index < -0.39 is 0 Å². The number of aromatic nitrogens is 2. The number of rotatable bonds is 3. The second-order valence-corrected chi connectivity index (χ2v) is 5.07. The van der Waals surface area contributed by atoms with E-state index in [1.807, 2.05) is 42.5 Å². The summed E-state index contributed by atoms with van der Waals surface area (Å²) < 4.78 is 1.63. The third kappa shape index (κ3) is 2.34. The minimum atomic E-state index is -0.0721. The molecule has 1 heterocycles. The van der Waals surface area contributed by atoms with Crippen molar-refractivity contribution in [3.63, 3.8) is 0 Å². The Bertz CT molecular complexity index is 855. The van der Waals surface area contributed by atoms with Crippen LogP contribution in [0.1, 0.15) is 18.3 Å². The number of halogens is 1. The fourth-order valence-electron chi connectivity index (χ4n) is 2.54. The van der Waals surface area contributed by atoms with E-state index in [1.165, 1.54) is 0 Å². The Labute approximate surface area is 127 Å². The summed E-state index contributed by atoms with van der Waals surface area (Å²) in [6.45, 7) is 2.07. The quantitative estimate of drug-likeness (QED) is 0.691. The molecule has 2 aromatic carbocycles. The lowest BCUT2D eigenvalue weighted by Crippen LogP contribution is -2.24. The number of alkyl halides is 1. The summed E-state index contributed by atoms with van der Waals surface area (Å²) in [7, 11) is 0. The van der Waals surface area contributed by atoms with E-state index >= 15 is 0 Å². The first kappa shape index (κ1) is 13.8. The minimum absolute atomic E-state index is 0.0721. The van der Waals surface area contributed by atoms with Gasteiger partial charge < -0.3 is 0 Å². The summed E-state index contributed by atoms with van der Waals surface area (Å²) in [5.74, 6) is 0.763. The Morgan fingerprint density at radius 2 is 1.81 bits per heavy atom. The minimum Gasteiger partial charge on any atom is -0.268 e. The molecule has 0 aliphatic heterocycles. The Kier molecular flexibility index (Phi) is 3.76. The Hall–Kier alpha value is -2.13. The monoisotopic (exact) mass is 298 g/mol. The van der Waals surface area contributed by atoms with Gasteiger partial charge in [-0.05, 0) is 30.2 Å². The van der Waals surface area contributed by atoms with Crippen LogP contribution in [-0.4, -0.2) is 9.55 Å². The van der Waals surface area contributed by atoms with Crippen molar-refractivity contribution in [2.24, 2.45) is 0 Å². The summed E-state index contributed by atoms with van der Waals surface area (Å²) in [5, 5.41) is 0.609. The second-order valence-electron chi connectivity index (χ2n) is 4.80. The molecule has 0 aliphatic rings. The molecule has 3 nitrogen and oxygen atoms in total. The number of hydrogen-bond acceptors (Lipinski definition) is 2. The maximum Gasteiger partial charge on any atom is 0.266 e. The third-order valence-electron chi connectivity index (χ3n) is 3.58. The van der Waals surface area contributed by atoms with Crippen molar-refractivity contribution in [3.05, 3.63) is 70.3 Å². The predicted molar refractivity (Wildman–Crippen MR) is 86.3 cm³/mol. The van der Waals surface area contributed by atoms with Crippen LogP contribution in [0.25, 0.3) is 16.6 Å². The first-order chi connectivity index (χ1) is 10.3. The van der Waals surface area contributed by atoms with Gasteiger partial charge in [0.1, 0.15) is 5.82 Å². The molecule has 21 heavy (non-hydrogen) atoms. The average Bonchev–Trinajstić information content (AvgIpc) is 2.54. The molecule has 0 N–H and O–H groups in total. The molecule has 3 rings (SSSR count). The molecule has 0 saturated heterocycles. The molecule has 4 heteroatoms. The number of hydrogen-bond donors (Lipinski definition) is 0. The lowest BCUT2D eigenvalue weighted by Gasteiger charge is -2.15. The van der Waals surface area contributed by atoms with Gasteiger partial charge in [-0.1, -0.05) is 37.3 Å². The third-order valence-corrected chi connectivity index (χ3v) is 3.82. The summed E-state index contributed by atoms with van der Waals surface area (Å²) in [4.78, 5) is 17.4. The van der Waals surface area contributed by atoms with Crippen molar-refractivity contribution in [1.29, 1.82) is 0 Å². The molecular weight excluding hydrogens is 284 g/mol. The molecule has 0 bridgehead atoms. The van der Waals surface area contributed by atoms with E-state index in [9.17, 15) is 4.79 Å². The van der Waals surface area contributed by atoms with Crippen LogP contribution < -0.4 is 5.56 Å². The number of benzene rings is 2.